The Labute approximate surface area is 121 Å². The average Bonchev–Trinajstić information content (AvgIpc) is 2.42. The molecule has 0 saturated carbocycles. The van der Waals surface area contributed by atoms with E-state index in [4.69, 9.17) is 15.6 Å². The first-order valence-electron chi connectivity index (χ1n) is 6.25. The number of benzene rings is 1. The zero-order valence-electron chi connectivity index (χ0n) is 11.3. The summed E-state index contributed by atoms with van der Waals surface area (Å²) in [7, 11) is 0. The third kappa shape index (κ3) is 5.67. The summed E-state index contributed by atoms with van der Waals surface area (Å²) >= 11 is 0. The van der Waals surface area contributed by atoms with E-state index in [0.29, 0.717) is 5.56 Å². The van der Waals surface area contributed by atoms with Gasteiger partial charge in [-0.15, -0.1) is 0 Å². The van der Waals surface area contributed by atoms with Crippen molar-refractivity contribution in [1.82, 2.24) is 5.32 Å². The lowest BCUT2D eigenvalue weighted by Gasteiger charge is -2.15. The van der Waals surface area contributed by atoms with Crippen molar-refractivity contribution >= 4 is 11.9 Å². The molecule has 1 rings (SSSR count). The number of rotatable bonds is 8. The Hall–Kier alpha value is -2.32. The van der Waals surface area contributed by atoms with Crippen molar-refractivity contribution in [1.29, 1.82) is 0 Å². The molecule has 8 heteroatoms. The summed E-state index contributed by atoms with van der Waals surface area (Å²) < 4.78 is 4.91. The van der Waals surface area contributed by atoms with Crippen molar-refractivity contribution in [2.75, 3.05) is 19.8 Å². The minimum Gasteiger partial charge on any atom is -0.504 e. The number of carbonyl (C=O) groups is 2. The second-order valence-electron chi connectivity index (χ2n) is 4.33. The Morgan fingerprint density at radius 1 is 1.29 bits per heavy atom. The van der Waals surface area contributed by atoms with Gasteiger partial charge in [-0.2, -0.15) is 0 Å². The number of carboxylic acids is 1. The summed E-state index contributed by atoms with van der Waals surface area (Å²) in [5.74, 6) is -2.44. The molecule has 0 fully saturated rings. The molecular formula is C13H18N2O6. The van der Waals surface area contributed by atoms with Crippen LogP contribution in [0, 0.1) is 0 Å². The molecule has 0 saturated heterocycles. The van der Waals surface area contributed by atoms with E-state index in [1.807, 2.05) is 0 Å². The van der Waals surface area contributed by atoms with Gasteiger partial charge in [0.2, 0.25) is 5.91 Å². The fraction of sp³-hybridized carbons (Fsp3) is 0.385. The fourth-order valence-corrected chi connectivity index (χ4v) is 1.62. The molecule has 1 amide bonds. The maximum atomic E-state index is 11.5. The van der Waals surface area contributed by atoms with Crippen LogP contribution in [0.1, 0.15) is 5.56 Å². The molecule has 0 aromatic heterocycles. The molecule has 1 atom stereocenters. The van der Waals surface area contributed by atoms with E-state index in [1.165, 1.54) is 18.2 Å². The van der Waals surface area contributed by atoms with E-state index in [1.54, 1.807) is 0 Å². The van der Waals surface area contributed by atoms with Crippen LogP contribution in [0.5, 0.6) is 11.5 Å². The number of phenols is 2. The summed E-state index contributed by atoms with van der Waals surface area (Å²) in [6.45, 7) is 0.196. The van der Waals surface area contributed by atoms with Crippen molar-refractivity contribution in [2.24, 2.45) is 5.73 Å². The topological polar surface area (TPSA) is 142 Å². The molecular weight excluding hydrogens is 280 g/mol. The number of nitrogens with two attached hydrogens (primary N) is 1. The SMILES string of the molecule is NCCOCC(=O)NC(Cc1ccc(O)c(O)c1)C(=O)O. The highest BCUT2D eigenvalue weighted by atomic mass is 16.5. The van der Waals surface area contributed by atoms with Crippen LogP contribution in [0.25, 0.3) is 0 Å². The molecule has 1 aromatic rings. The smallest absolute Gasteiger partial charge is 0.326 e. The number of hydrogen-bond acceptors (Lipinski definition) is 6. The maximum Gasteiger partial charge on any atom is 0.326 e. The van der Waals surface area contributed by atoms with E-state index >= 15 is 0 Å². The number of carboxylic acid groups (broad SMARTS) is 1. The predicted molar refractivity (Wildman–Crippen MR) is 72.9 cm³/mol. The van der Waals surface area contributed by atoms with Gasteiger partial charge in [-0.1, -0.05) is 6.07 Å². The standard InChI is InChI=1S/C13H18N2O6/c14-3-4-21-7-12(18)15-9(13(19)20)5-8-1-2-10(16)11(17)6-8/h1-2,6,9,16-17H,3-5,7,14H2,(H,15,18)(H,19,20). The van der Waals surface area contributed by atoms with Crippen LogP contribution in [-0.2, 0) is 20.7 Å². The Kier molecular flexibility index (Phi) is 6.44. The number of aliphatic carboxylic acids is 1. The lowest BCUT2D eigenvalue weighted by atomic mass is 10.1. The Morgan fingerprint density at radius 3 is 2.57 bits per heavy atom. The fourth-order valence-electron chi connectivity index (χ4n) is 1.62. The molecule has 6 N–H and O–H groups in total. The number of amides is 1. The first-order chi connectivity index (χ1) is 9.93. The molecule has 0 radical (unpaired) electrons. The van der Waals surface area contributed by atoms with Crippen molar-refractivity contribution in [3.8, 4) is 11.5 Å². The highest BCUT2D eigenvalue weighted by molar-refractivity contribution is 5.84. The molecule has 0 heterocycles. The Bertz CT molecular complexity index is 505. The molecule has 8 nitrogen and oxygen atoms in total. The zero-order chi connectivity index (χ0) is 15.8. The van der Waals surface area contributed by atoms with Gasteiger partial charge in [0.05, 0.1) is 6.61 Å². The number of carbonyl (C=O) groups excluding carboxylic acids is 1. The zero-order valence-corrected chi connectivity index (χ0v) is 11.3. The largest absolute Gasteiger partial charge is 0.504 e. The molecule has 116 valence electrons. The van der Waals surface area contributed by atoms with E-state index in [0.717, 1.165) is 0 Å². The van der Waals surface area contributed by atoms with Gasteiger partial charge in [0.15, 0.2) is 11.5 Å². The van der Waals surface area contributed by atoms with Crippen LogP contribution >= 0.6 is 0 Å². The lowest BCUT2D eigenvalue weighted by molar-refractivity contribution is -0.142. The van der Waals surface area contributed by atoms with E-state index in [-0.39, 0.29) is 37.7 Å². The lowest BCUT2D eigenvalue weighted by Crippen LogP contribution is -2.44. The van der Waals surface area contributed by atoms with Crippen LogP contribution < -0.4 is 11.1 Å². The predicted octanol–water partition coefficient (Wildman–Crippen LogP) is -0.815. The number of aromatic hydroxyl groups is 2. The quantitative estimate of drug-likeness (QED) is 0.312. The van der Waals surface area contributed by atoms with Crippen LogP contribution in [0.2, 0.25) is 0 Å². The van der Waals surface area contributed by atoms with Crippen LogP contribution in [-0.4, -0.2) is 53.0 Å². The summed E-state index contributed by atoms with van der Waals surface area (Å²) in [5.41, 5.74) is 5.66. The second kappa shape index (κ2) is 8.08. The molecule has 1 unspecified atom stereocenters. The molecule has 21 heavy (non-hydrogen) atoms. The van der Waals surface area contributed by atoms with Gasteiger partial charge in [0.25, 0.3) is 0 Å². The molecule has 0 bridgehead atoms. The average molecular weight is 298 g/mol. The van der Waals surface area contributed by atoms with Gasteiger partial charge in [0, 0.05) is 13.0 Å². The van der Waals surface area contributed by atoms with Crippen LogP contribution in [0.3, 0.4) is 0 Å². The molecule has 0 aliphatic heterocycles. The van der Waals surface area contributed by atoms with Gasteiger partial charge in [0.1, 0.15) is 12.6 Å². The van der Waals surface area contributed by atoms with Crippen molar-refractivity contribution in [3.63, 3.8) is 0 Å². The number of hydrogen-bond donors (Lipinski definition) is 5. The second-order valence-corrected chi connectivity index (χ2v) is 4.33. The van der Waals surface area contributed by atoms with E-state index in [9.17, 15) is 19.8 Å². The highest BCUT2D eigenvalue weighted by Gasteiger charge is 2.20. The minimum atomic E-state index is -1.21. The first-order valence-corrected chi connectivity index (χ1v) is 6.25. The van der Waals surface area contributed by atoms with E-state index in [2.05, 4.69) is 5.32 Å². The van der Waals surface area contributed by atoms with Gasteiger partial charge >= 0.3 is 5.97 Å². The summed E-state index contributed by atoms with van der Waals surface area (Å²) in [6.07, 6.45) is -0.0359. The van der Waals surface area contributed by atoms with E-state index < -0.39 is 17.9 Å². The van der Waals surface area contributed by atoms with Crippen LogP contribution in [0.15, 0.2) is 18.2 Å². The third-order valence-electron chi connectivity index (χ3n) is 2.61. The summed E-state index contributed by atoms with van der Waals surface area (Å²) in [4.78, 5) is 22.6. The van der Waals surface area contributed by atoms with Crippen molar-refractivity contribution in [3.05, 3.63) is 23.8 Å². The first kappa shape index (κ1) is 16.7. The van der Waals surface area contributed by atoms with Crippen molar-refractivity contribution in [2.45, 2.75) is 12.5 Å². The monoisotopic (exact) mass is 298 g/mol. The third-order valence-corrected chi connectivity index (χ3v) is 2.61. The van der Waals surface area contributed by atoms with Crippen LogP contribution in [0.4, 0.5) is 0 Å². The van der Waals surface area contributed by atoms with Gasteiger partial charge < -0.3 is 31.1 Å². The van der Waals surface area contributed by atoms with Gasteiger partial charge in [-0.05, 0) is 17.7 Å². The minimum absolute atomic E-state index is 0.0359. The van der Waals surface area contributed by atoms with Gasteiger partial charge in [-0.3, -0.25) is 4.79 Å². The highest BCUT2D eigenvalue weighted by Crippen LogP contribution is 2.25. The number of ether oxygens (including phenoxy) is 1. The summed E-state index contributed by atoms with van der Waals surface area (Å²) in [6, 6.07) is 2.78. The molecule has 0 aliphatic rings. The molecule has 1 aromatic carbocycles. The Balaban J connectivity index is 2.63. The Morgan fingerprint density at radius 2 is 2.00 bits per heavy atom. The number of nitrogens with one attached hydrogen (secondary N) is 1. The van der Waals surface area contributed by atoms with Gasteiger partial charge in [-0.25, -0.2) is 4.79 Å². The van der Waals surface area contributed by atoms with Crippen molar-refractivity contribution < 1.29 is 29.6 Å². The molecule has 0 aliphatic carbocycles. The number of phenolic OH excluding ortho intramolecular Hbond substituents is 2. The maximum absolute atomic E-state index is 11.5. The molecule has 0 spiro atoms. The summed E-state index contributed by atoms with van der Waals surface area (Å²) in [5, 5.41) is 30.0. The normalized spacial score (nSPS) is 11.9.